The van der Waals surface area contributed by atoms with Gasteiger partial charge in [-0.15, -0.1) is 0 Å². The highest BCUT2D eigenvalue weighted by atomic mass is 32.2. The predicted octanol–water partition coefficient (Wildman–Crippen LogP) is 2.62. The second kappa shape index (κ2) is 11.0. The van der Waals surface area contributed by atoms with E-state index in [1.54, 1.807) is 11.8 Å². The minimum absolute atomic E-state index is 0.178. The second-order valence-corrected chi connectivity index (χ2v) is 7.93. The molecule has 0 aliphatic carbocycles. The van der Waals surface area contributed by atoms with Crippen LogP contribution in [0.1, 0.15) is 17.0 Å². The van der Waals surface area contributed by atoms with Gasteiger partial charge in [0.25, 0.3) is 0 Å². The Kier molecular flexibility index (Phi) is 8.74. The molecule has 6 nitrogen and oxygen atoms in total. The van der Waals surface area contributed by atoms with Gasteiger partial charge in [-0.3, -0.25) is 4.79 Å². The maximum absolute atomic E-state index is 12.3. The average Bonchev–Trinajstić information content (AvgIpc) is 3.04. The molecule has 1 atom stereocenters. The fraction of sp³-hybridized carbons (Fsp3) is 0.421. The van der Waals surface area contributed by atoms with E-state index in [1.807, 2.05) is 37.3 Å². The summed E-state index contributed by atoms with van der Waals surface area (Å²) in [6.07, 6.45) is 3.36. The molecule has 0 aliphatic rings. The molecule has 2 rings (SSSR count). The molecule has 0 unspecified atom stereocenters. The van der Waals surface area contributed by atoms with Gasteiger partial charge in [-0.05, 0) is 24.5 Å². The van der Waals surface area contributed by atoms with Crippen LogP contribution in [0.15, 0.2) is 35.5 Å². The lowest BCUT2D eigenvalue weighted by Gasteiger charge is -2.16. The van der Waals surface area contributed by atoms with E-state index in [1.165, 1.54) is 18.9 Å². The van der Waals surface area contributed by atoms with Crippen LogP contribution in [0.3, 0.4) is 0 Å². The summed E-state index contributed by atoms with van der Waals surface area (Å²) in [7, 11) is 1.32. The molecule has 0 aliphatic heterocycles. The Hall–Kier alpha value is -1.93. The van der Waals surface area contributed by atoms with Crippen molar-refractivity contribution in [1.29, 1.82) is 0 Å². The number of thioether (sulfide) groups is 2. The van der Waals surface area contributed by atoms with Crippen LogP contribution in [0.4, 0.5) is 0 Å². The van der Waals surface area contributed by atoms with Crippen molar-refractivity contribution in [3.63, 3.8) is 0 Å². The Labute approximate surface area is 168 Å². The number of carbonyl (C=O) groups excluding carboxylic acids is 2. The molecule has 0 saturated heterocycles. The Morgan fingerprint density at radius 2 is 2.04 bits per heavy atom. The van der Waals surface area contributed by atoms with Gasteiger partial charge in [0.1, 0.15) is 6.04 Å². The lowest BCUT2D eigenvalue weighted by Crippen LogP contribution is -2.43. The van der Waals surface area contributed by atoms with Gasteiger partial charge in [-0.2, -0.15) is 11.8 Å². The Morgan fingerprint density at radius 3 is 2.70 bits per heavy atom. The SMILES string of the molecule is COC(=O)[C@@H](Cc1ccccc1)NC(=O)CSc1nc(CCSC)c(C)[nH]1. The van der Waals surface area contributed by atoms with E-state index < -0.39 is 12.0 Å². The minimum Gasteiger partial charge on any atom is -0.467 e. The van der Waals surface area contributed by atoms with Gasteiger partial charge in [0.05, 0.1) is 18.6 Å². The summed E-state index contributed by atoms with van der Waals surface area (Å²) in [6, 6.07) is 8.83. The normalized spacial score (nSPS) is 11.8. The number of aromatic nitrogens is 2. The Morgan fingerprint density at radius 1 is 1.30 bits per heavy atom. The van der Waals surface area contributed by atoms with Crippen LogP contribution < -0.4 is 5.32 Å². The number of ether oxygens (including phenoxy) is 1. The molecule has 1 aromatic heterocycles. The van der Waals surface area contributed by atoms with E-state index in [-0.39, 0.29) is 11.7 Å². The van der Waals surface area contributed by atoms with E-state index in [0.717, 1.165) is 34.3 Å². The minimum atomic E-state index is -0.707. The molecule has 0 saturated carbocycles. The number of nitrogens with zero attached hydrogens (tertiary/aromatic N) is 1. The zero-order valence-electron chi connectivity index (χ0n) is 15.8. The van der Waals surface area contributed by atoms with Gasteiger partial charge in [-0.25, -0.2) is 9.78 Å². The van der Waals surface area contributed by atoms with E-state index in [2.05, 4.69) is 21.5 Å². The third-order valence-corrected chi connectivity index (χ3v) is 5.44. The molecule has 0 fully saturated rings. The molecule has 27 heavy (non-hydrogen) atoms. The van der Waals surface area contributed by atoms with E-state index in [4.69, 9.17) is 4.74 Å². The lowest BCUT2D eigenvalue weighted by molar-refractivity contribution is -0.144. The molecular formula is C19H25N3O3S2. The fourth-order valence-electron chi connectivity index (χ4n) is 2.53. The summed E-state index contributed by atoms with van der Waals surface area (Å²) in [6.45, 7) is 1.99. The van der Waals surface area contributed by atoms with Crippen molar-refractivity contribution in [3.8, 4) is 0 Å². The summed E-state index contributed by atoms with van der Waals surface area (Å²) < 4.78 is 4.82. The van der Waals surface area contributed by atoms with Crippen molar-refractivity contribution in [1.82, 2.24) is 15.3 Å². The zero-order chi connectivity index (χ0) is 19.6. The van der Waals surface area contributed by atoms with Crippen LogP contribution >= 0.6 is 23.5 Å². The molecule has 146 valence electrons. The first-order valence-corrected chi connectivity index (χ1v) is 11.0. The average molecular weight is 408 g/mol. The highest BCUT2D eigenvalue weighted by Gasteiger charge is 2.22. The topological polar surface area (TPSA) is 84.1 Å². The largest absolute Gasteiger partial charge is 0.467 e. The summed E-state index contributed by atoms with van der Waals surface area (Å²) in [5.74, 6) is 0.504. The number of H-pyrrole nitrogens is 1. The van der Waals surface area contributed by atoms with Gasteiger partial charge in [0.15, 0.2) is 5.16 Å². The maximum Gasteiger partial charge on any atom is 0.328 e. The van der Waals surface area contributed by atoms with E-state index in [0.29, 0.717) is 6.42 Å². The molecule has 0 radical (unpaired) electrons. The fourth-order valence-corrected chi connectivity index (χ4v) is 3.68. The van der Waals surface area contributed by atoms with E-state index >= 15 is 0 Å². The van der Waals surface area contributed by atoms with Gasteiger partial charge in [-0.1, -0.05) is 42.1 Å². The number of nitrogens with one attached hydrogen (secondary N) is 2. The summed E-state index contributed by atoms with van der Waals surface area (Å²) in [5, 5.41) is 3.48. The monoisotopic (exact) mass is 407 g/mol. The number of aryl methyl sites for hydroxylation is 2. The van der Waals surface area contributed by atoms with Gasteiger partial charge < -0.3 is 15.0 Å². The standard InChI is InChI=1S/C19H25N3O3S2/c1-13-15(9-10-26-3)22-19(20-13)27-12-17(23)21-16(18(24)25-2)11-14-7-5-4-6-8-14/h4-8,16H,9-12H2,1-3H3,(H,20,22)(H,21,23)/t16-/m1/s1. The number of methoxy groups -OCH3 is 1. The van der Waals surface area contributed by atoms with Crippen molar-refractivity contribution in [2.24, 2.45) is 0 Å². The van der Waals surface area contributed by atoms with Crippen LogP contribution in [-0.4, -0.2) is 52.8 Å². The first kappa shape index (κ1) is 21.4. The van der Waals surface area contributed by atoms with Crippen LogP contribution in [0.2, 0.25) is 0 Å². The molecule has 0 bridgehead atoms. The molecule has 8 heteroatoms. The molecule has 1 heterocycles. The summed E-state index contributed by atoms with van der Waals surface area (Å²) >= 11 is 3.10. The number of hydrogen-bond acceptors (Lipinski definition) is 6. The quantitative estimate of drug-likeness (QED) is 0.465. The zero-order valence-corrected chi connectivity index (χ0v) is 17.4. The number of carbonyl (C=O) groups is 2. The van der Waals surface area contributed by atoms with E-state index in [9.17, 15) is 9.59 Å². The molecule has 0 spiro atoms. The first-order valence-electron chi connectivity index (χ1n) is 8.61. The highest BCUT2D eigenvalue weighted by molar-refractivity contribution is 7.99. The molecule has 1 aromatic carbocycles. The van der Waals surface area contributed by atoms with Crippen LogP contribution in [0.5, 0.6) is 0 Å². The number of aromatic amines is 1. The third kappa shape index (κ3) is 6.95. The van der Waals surface area contributed by atoms with Crippen LogP contribution in [0.25, 0.3) is 0 Å². The summed E-state index contributed by atoms with van der Waals surface area (Å²) in [5.41, 5.74) is 3.02. The Bertz CT molecular complexity index is 750. The van der Waals surface area contributed by atoms with Crippen LogP contribution in [-0.2, 0) is 27.2 Å². The predicted molar refractivity (Wildman–Crippen MR) is 110 cm³/mol. The number of amides is 1. The number of hydrogen-bond donors (Lipinski definition) is 2. The maximum atomic E-state index is 12.3. The molecular weight excluding hydrogens is 382 g/mol. The number of benzene rings is 1. The second-order valence-electron chi connectivity index (χ2n) is 5.98. The molecule has 1 amide bonds. The number of esters is 1. The van der Waals surface area contributed by atoms with Gasteiger partial charge >= 0.3 is 5.97 Å². The number of imidazole rings is 1. The van der Waals surface area contributed by atoms with Gasteiger partial charge in [0.2, 0.25) is 5.91 Å². The van der Waals surface area contributed by atoms with Crippen molar-refractivity contribution >= 4 is 35.4 Å². The lowest BCUT2D eigenvalue weighted by atomic mass is 10.1. The third-order valence-electron chi connectivity index (χ3n) is 3.95. The van der Waals surface area contributed by atoms with Crippen LogP contribution in [0, 0.1) is 6.92 Å². The van der Waals surface area contributed by atoms with Gasteiger partial charge in [0, 0.05) is 18.5 Å². The van der Waals surface area contributed by atoms with Crippen molar-refractivity contribution in [3.05, 3.63) is 47.3 Å². The molecule has 2 aromatic rings. The van der Waals surface area contributed by atoms with Crippen molar-refractivity contribution in [2.75, 3.05) is 24.9 Å². The number of rotatable bonds is 10. The molecule has 2 N–H and O–H groups in total. The summed E-state index contributed by atoms with van der Waals surface area (Å²) in [4.78, 5) is 32.1. The van der Waals surface area contributed by atoms with Crippen molar-refractivity contribution in [2.45, 2.75) is 31.0 Å². The van der Waals surface area contributed by atoms with Crippen molar-refractivity contribution < 1.29 is 14.3 Å². The first-order chi connectivity index (χ1) is 13.0. The Balaban J connectivity index is 1.90. The highest BCUT2D eigenvalue weighted by Crippen LogP contribution is 2.17. The smallest absolute Gasteiger partial charge is 0.328 e.